The third-order valence-corrected chi connectivity index (χ3v) is 5.06. The van der Waals surface area contributed by atoms with Gasteiger partial charge in [-0.2, -0.15) is 0 Å². The van der Waals surface area contributed by atoms with Gasteiger partial charge >= 0.3 is 0 Å². The van der Waals surface area contributed by atoms with E-state index >= 15 is 0 Å². The van der Waals surface area contributed by atoms with E-state index in [4.69, 9.17) is 5.73 Å². The summed E-state index contributed by atoms with van der Waals surface area (Å²) in [5.41, 5.74) is 8.02. The lowest BCUT2D eigenvalue weighted by molar-refractivity contribution is 0.0616. The van der Waals surface area contributed by atoms with Crippen molar-refractivity contribution in [1.29, 1.82) is 0 Å². The van der Waals surface area contributed by atoms with E-state index in [0.29, 0.717) is 24.1 Å². The SMILES string of the molecule is Nc1ncnc2c1ncn2[C@H]1[C@H](O)[C@H](CNCc2ccccc2)C[C@@H]1O. The van der Waals surface area contributed by atoms with Crippen LogP contribution >= 0.6 is 0 Å². The third kappa shape index (κ3) is 3.03. The molecule has 3 aromatic rings. The molecule has 4 atom stereocenters. The number of hydrogen-bond acceptors (Lipinski definition) is 7. The molecule has 0 saturated heterocycles. The fraction of sp³-hybridized carbons (Fsp3) is 0.389. The molecule has 0 spiro atoms. The Labute approximate surface area is 150 Å². The molecule has 2 heterocycles. The topological polar surface area (TPSA) is 122 Å². The quantitative estimate of drug-likeness (QED) is 0.526. The number of nitrogens with zero attached hydrogens (tertiary/aromatic N) is 4. The van der Waals surface area contributed by atoms with Crippen molar-refractivity contribution >= 4 is 17.0 Å². The van der Waals surface area contributed by atoms with Crippen molar-refractivity contribution in [3.8, 4) is 0 Å². The number of imidazole rings is 1. The second kappa shape index (κ2) is 6.99. The zero-order valence-corrected chi connectivity index (χ0v) is 14.2. The molecule has 0 bridgehead atoms. The van der Waals surface area contributed by atoms with Crippen molar-refractivity contribution in [2.75, 3.05) is 12.3 Å². The van der Waals surface area contributed by atoms with E-state index in [9.17, 15) is 10.2 Å². The first-order valence-electron chi connectivity index (χ1n) is 8.69. The molecule has 26 heavy (non-hydrogen) atoms. The lowest BCUT2D eigenvalue weighted by atomic mass is 10.0. The molecule has 1 aromatic carbocycles. The van der Waals surface area contributed by atoms with E-state index < -0.39 is 18.2 Å². The summed E-state index contributed by atoms with van der Waals surface area (Å²) in [7, 11) is 0. The van der Waals surface area contributed by atoms with Gasteiger partial charge in [0.15, 0.2) is 11.5 Å². The molecule has 0 radical (unpaired) electrons. The zero-order valence-electron chi connectivity index (χ0n) is 14.2. The summed E-state index contributed by atoms with van der Waals surface area (Å²) in [4.78, 5) is 12.4. The monoisotopic (exact) mass is 354 g/mol. The molecule has 136 valence electrons. The van der Waals surface area contributed by atoms with Gasteiger partial charge in [-0.15, -0.1) is 0 Å². The highest BCUT2D eigenvalue weighted by Gasteiger charge is 2.43. The summed E-state index contributed by atoms with van der Waals surface area (Å²) in [5.74, 6) is 0.229. The van der Waals surface area contributed by atoms with Gasteiger partial charge in [-0.3, -0.25) is 0 Å². The van der Waals surface area contributed by atoms with E-state index in [-0.39, 0.29) is 11.7 Å². The zero-order chi connectivity index (χ0) is 18.1. The molecule has 5 N–H and O–H groups in total. The second-order valence-corrected chi connectivity index (χ2v) is 6.74. The van der Waals surface area contributed by atoms with Crippen LogP contribution in [0.5, 0.6) is 0 Å². The van der Waals surface area contributed by atoms with E-state index in [2.05, 4.69) is 32.4 Å². The number of nitrogens with two attached hydrogens (primary N) is 1. The Kier molecular flexibility index (Phi) is 4.54. The van der Waals surface area contributed by atoms with Crippen LogP contribution in [0.3, 0.4) is 0 Å². The lowest BCUT2D eigenvalue weighted by Gasteiger charge is -2.22. The number of fused-ring (bicyclic) bond motifs is 1. The Bertz CT molecular complexity index is 884. The Balaban J connectivity index is 1.47. The predicted octanol–water partition coefficient (Wildman–Crippen LogP) is 0.481. The van der Waals surface area contributed by atoms with Gasteiger partial charge in [0, 0.05) is 19.0 Å². The highest BCUT2D eigenvalue weighted by Crippen LogP contribution is 2.36. The number of aliphatic hydroxyl groups excluding tert-OH is 2. The van der Waals surface area contributed by atoms with Gasteiger partial charge in [0.1, 0.15) is 11.8 Å². The van der Waals surface area contributed by atoms with Crippen LogP contribution in [-0.2, 0) is 6.54 Å². The number of aromatic nitrogens is 4. The molecule has 2 aromatic heterocycles. The number of aliphatic hydroxyl groups is 2. The maximum Gasteiger partial charge on any atom is 0.165 e. The first-order valence-corrected chi connectivity index (χ1v) is 8.69. The van der Waals surface area contributed by atoms with Crippen LogP contribution in [-0.4, -0.2) is 48.5 Å². The van der Waals surface area contributed by atoms with Gasteiger partial charge in [-0.05, 0) is 12.0 Å². The number of rotatable bonds is 5. The smallest absolute Gasteiger partial charge is 0.165 e. The lowest BCUT2D eigenvalue weighted by Crippen LogP contribution is -2.32. The molecule has 0 amide bonds. The summed E-state index contributed by atoms with van der Waals surface area (Å²) in [5, 5.41) is 24.7. The normalized spacial score (nSPS) is 25.8. The summed E-state index contributed by atoms with van der Waals surface area (Å²) in [6.45, 7) is 1.34. The summed E-state index contributed by atoms with van der Waals surface area (Å²) < 4.78 is 1.71. The number of nitrogens with one attached hydrogen (secondary N) is 1. The minimum atomic E-state index is -0.707. The van der Waals surface area contributed by atoms with E-state index in [1.54, 1.807) is 10.9 Å². The van der Waals surface area contributed by atoms with Crippen molar-refractivity contribution in [1.82, 2.24) is 24.8 Å². The number of hydrogen-bond donors (Lipinski definition) is 4. The fourth-order valence-corrected chi connectivity index (χ4v) is 3.74. The predicted molar refractivity (Wildman–Crippen MR) is 97.0 cm³/mol. The van der Waals surface area contributed by atoms with Crippen molar-refractivity contribution in [2.45, 2.75) is 31.2 Å². The van der Waals surface area contributed by atoms with E-state index in [1.807, 2.05) is 18.2 Å². The molecule has 8 nitrogen and oxygen atoms in total. The Morgan fingerprint density at radius 3 is 2.77 bits per heavy atom. The molecular formula is C18H22N6O2. The Morgan fingerprint density at radius 1 is 1.15 bits per heavy atom. The molecule has 8 heteroatoms. The van der Waals surface area contributed by atoms with E-state index in [0.717, 1.165) is 6.54 Å². The van der Waals surface area contributed by atoms with Gasteiger partial charge in [0.25, 0.3) is 0 Å². The number of nitrogen functional groups attached to an aromatic ring is 1. The second-order valence-electron chi connectivity index (χ2n) is 6.74. The maximum absolute atomic E-state index is 10.8. The highest BCUT2D eigenvalue weighted by atomic mass is 16.3. The molecule has 1 aliphatic rings. The summed E-state index contributed by atoms with van der Waals surface area (Å²) in [6.07, 6.45) is 2.05. The van der Waals surface area contributed by atoms with Crippen molar-refractivity contribution in [3.05, 3.63) is 48.5 Å². The van der Waals surface area contributed by atoms with Gasteiger partial charge in [0.05, 0.1) is 24.6 Å². The molecule has 1 fully saturated rings. The number of benzene rings is 1. The highest BCUT2D eigenvalue weighted by molar-refractivity contribution is 5.81. The van der Waals surface area contributed by atoms with Gasteiger partial charge in [-0.1, -0.05) is 30.3 Å². The number of anilines is 1. The minimum Gasteiger partial charge on any atom is -0.391 e. The molecule has 0 unspecified atom stereocenters. The standard InChI is InChI=1S/C18H22N6O2/c19-17-14-18(22-9-21-17)24(10-23-14)15-13(25)6-12(16(15)26)8-20-7-11-4-2-1-3-5-11/h1-5,9-10,12-13,15-16,20,25-26H,6-8H2,(H2,19,21,22)/t12-,13-,15+,16+/m0/s1. The third-order valence-electron chi connectivity index (χ3n) is 5.06. The average molecular weight is 354 g/mol. The van der Waals surface area contributed by atoms with Crippen LogP contribution in [0.25, 0.3) is 11.2 Å². The van der Waals surface area contributed by atoms with Crippen LogP contribution in [0.4, 0.5) is 5.82 Å². The molecule has 0 aliphatic heterocycles. The van der Waals surface area contributed by atoms with Crippen LogP contribution in [0.2, 0.25) is 0 Å². The minimum absolute atomic E-state index is 0.0599. The van der Waals surface area contributed by atoms with Crippen LogP contribution < -0.4 is 11.1 Å². The fourth-order valence-electron chi connectivity index (χ4n) is 3.74. The van der Waals surface area contributed by atoms with Crippen LogP contribution in [0.1, 0.15) is 18.0 Å². The van der Waals surface area contributed by atoms with Crippen LogP contribution in [0, 0.1) is 5.92 Å². The summed E-state index contributed by atoms with van der Waals surface area (Å²) in [6, 6.07) is 9.59. The molecule has 1 saturated carbocycles. The Morgan fingerprint density at radius 2 is 1.96 bits per heavy atom. The van der Waals surface area contributed by atoms with Crippen molar-refractivity contribution in [2.24, 2.45) is 5.92 Å². The van der Waals surface area contributed by atoms with E-state index in [1.165, 1.54) is 11.9 Å². The van der Waals surface area contributed by atoms with Gasteiger partial charge in [0.2, 0.25) is 0 Å². The maximum atomic E-state index is 10.8. The largest absolute Gasteiger partial charge is 0.391 e. The van der Waals surface area contributed by atoms with Crippen molar-refractivity contribution in [3.63, 3.8) is 0 Å². The summed E-state index contributed by atoms with van der Waals surface area (Å²) >= 11 is 0. The Hall–Kier alpha value is -2.55. The average Bonchev–Trinajstić information content (AvgIpc) is 3.18. The van der Waals surface area contributed by atoms with Crippen molar-refractivity contribution < 1.29 is 10.2 Å². The van der Waals surface area contributed by atoms with Gasteiger partial charge < -0.3 is 25.8 Å². The first-order chi connectivity index (χ1) is 12.6. The first kappa shape index (κ1) is 16.9. The van der Waals surface area contributed by atoms with Crippen LogP contribution in [0.15, 0.2) is 43.0 Å². The van der Waals surface area contributed by atoms with Gasteiger partial charge in [-0.25, -0.2) is 15.0 Å². The molecule has 1 aliphatic carbocycles. The molecule has 4 rings (SSSR count). The molecular weight excluding hydrogens is 332 g/mol.